The fraction of sp³-hybridized carbons (Fsp3) is 0. The third-order valence-electron chi connectivity index (χ3n) is 3.43. The number of carbonyl (C=O) groups is 1. The molecule has 1 amide bonds. The zero-order valence-corrected chi connectivity index (χ0v) is 13.6. The van der Waals surface area contributed by atoms with Crippen molar-refractivity contribution in [1.82, 2.24) is 4.98 Å². The summed E-state index contributed by atoms with van der Waals surface area (Å²) in [6.45, 7) is 0. The van der Waals surface area contributed by atoms with E-state index >= 15 is 0 Å². The number of aromatic nitrogens is 1. The molecule has 0 spiro atoms. The van der Waals surface area contributed by atoms with Gasteiger partial charge in [0, 0.05) is 17.8 Å². The van der Waals surface area contributed by atoms with Crippen molar-refractivity contribution in [2.75, 3.05) is 4.90 Å². The number of nitriles is 1. The smallest absolute Gasteiger partial charge is 0.264 e. The molecule has 0 bridgehead atoms. The molecular formula is C19H11ClN3O2. The van der Waals surface area contributed by atoms with Gasteiger partial charge in [-0.3, -0.25) is 9.69 Å². The number of benzene rings is 2. The molecule has 2 aromatic carbocycles. The Labute approximate surface area is 149 Å². The van der Waals surface area contributed by atoms with E-state index in [1.807, 2.05) is 6.07 Å². The zero-order chi connectivity index (χ0) is 17.8. The lowest BCUT2D eigenvalue weighted by Gasteiger charge is -2.22. The molecule has 1 aromatic heterocycles. The number of aromatic hydroxyl groups is 1. The van der Waals surface area contributed by atoms with Crippen molar-refractivity contribution in [1.29, 1.82) is 5.26 Å². The number of carbonyl (C=O) groups excluding carboxylic acids is 1. The molecule has 0 unspecified atom stereocenters. The van der Waals surface area contributed by atoms with Crippen LogP contribution in [0.5, 0.6) is 5.75 Å². The minimum Gasteiger partial charge on any atom is -0.508 e. The maximum absolute atomic E-state index is 13.0. The van der Waals surface area contributed by atoms with Crippen LogP contribution in [0.25, 0.3) is 0 Å². The quantitative estimate of drug-likeness (QED) is 0.773. The third kappa shape index (κ3) is 3.60. The summed E-state index contributed by atoms with van der Waals surface area (Å²) < 4.78 is 0. The van der Waals surface area contributed by atoms with E-state index in [9.17, 15) is 9.90 Å². The van der Waals surface area contributed by atoms with Crippen molar-refractivity contribution in [3.05, 3.63) is 83.0 Å². The zero-order valence-electron chi connectivity index (χ0n) is 12.8. The molecule has 0 saturated carbocycles. The van der Waals surface area contributed by atoms with Crippen LogP contribution in [0.3, 0.4) is 0 Å². The SMILES string of the molecule is N#Cc1ccc(C(=O)N(c2[c]cc(O)cc2)c2ccc(Cl)cn2)cc1. The van der Waals surface area contributed by atoms with Crippen molar-refractivity contribution in [2.24, 2.45) is 0 Å². The van der Waals surface area contributed by atoms with Crippen molar-refractivity contribution in [2.45, 2.75) is 0 Å². The highest BCUT2D eigenvalue weighted by Gasteiger charge is 2.21. The number of phenols is 1. The Bertz CT molecular complexity index is 885. The molecule has 0 fully saturated rings. The first-order valence-electron chi connectivity index (χ1n) is 7.25. The average molecular weight is 349 g/mol. The van der Waals surface area contributed by atoms with Crippen LogP contribution < -0.4 is 4.90 Å². The molecular weight excluding hydrogens is 338 g/mol. The highest BCUT2D eigenvalue weighted by atomic mass is 35.5. The van der Waals surface area contributed by atoms with E-state index in [1.54, 1.807) is 42.5 Å². The molecule has 0 aliphatic heterocycles. The van der Waals surface area contributed by atoms with Gasteiger partial charge >= 0.3 is 0 Å². The minimum absolute atomic E-state index is 0.0404. The van der Waals surface area contributed by atoms with Crippen molar-refractivity contribution >= 4 is 29.0 Å². The predicted octanol–water partition coefficient (Wildman–Crippen LogP) is 4.09. The molecule has 0 aliphatic carbocycles. The molecule has 0 aliphatic rings. The first-order valence-corrected chi connectivity index (χ1v) is 7.63. The second kappa shape index (κ2) is 7.04. The molecule has 0 saturated heterocycles. The molecule has 3 rings (SSSR count). The third-order valence-corrected chi connectivity index (χ3v) is 3.65. The van der Waals surface area contributed by atoms with E-state index in [0.29, 0.717) is 27.7 Å². The van der Waals surface area contributed by atoms with Crippen molar-refractivity contribution in [3.63, 3.8) is 0 Å². The maximum atomic E-state index is 13.0. The number of hydrogen-bond acceptors (Lipinski definition) is 4. The maximum Gasteiger partial charge on any atom is 0.264 e. The van der Waals surface area contributed by atoms with Gasteiger partial charge in [-0.2, -0.15) is 5.26 Å². The topological polar surface area (TPSA) is 77.2 Å². The summed E-state index contributed by atoms with van der Waals surface area (Å²) in [6, 6.07) is 18.8. The van der Waals surface area contributed by atoms with Gasteiger partial charge in [-0.1, -0.05) is 11.6 Å². The first kappa shape index (κ1) is 16.5. The van der Waals surface area contributed by atoms with Gasteiger partial charge in [0.1, 0.15) is 11.6 Å². The fourth-order valence-corrected chi connectivity index (χ4v) is 2.31. The number of rotatable bonds is 3. The number of hydrogen-bond donors (Lipinski definition) is 1. The summed E-state index contributed by atoms with van der Waals surface area (Å²) in [5, 5.41) is 18.8. The van der Waals surface area contributed by atoms with Gasteiger partial charge in [0.25, 0.3) is 5.91 Å². The Morgan fingerprint density at radius 1 is 1.16 bits per heavy atom. The lowest BCUT2D eigenvalue weighted by atomic mass is 10.1. The van der Waals surface area contributed by atoms with Crippen LogP contribution in [0.2, 0.25) is 5.02 Å². The van der Waals surface area contributed by atoms with Gasteiger partial charge in [-0.05, 0) is 54.6 Å². The number of halogens is 1. The summed E-state index contributed by atoms with van der Waals surface area (Å²) in [5.41, 5.74) is 1.27. The van der Waals surface area contributed by atoms with Gasteiger partial charge in [0.05, 0.1) is 22.3 Å². The van der Waals surface area contributed by atoms with Crippen LogP contribution in [0.15, 0.2) is 60.8 Å². The average Bonchev–Trinajstić information content (AvgIpc) is 2.65. The highest BCUT2D eigenvalue weighted by molar-refractivity contribution is 6.30. The molecule has 25 heavy (non-hydrogen) atoms. The van der Waals surface area contributed by atoms with Crippen molar-refractivity contribution in [3.8, 4) is 11.8 Å². The number of anilines is 2. The molecule has 121 valence electrons. The Morgan fingerprint density at radius 3 is 2.48 bits per heavy atom. The van der Waals surface area contributed by atoms with E-state index < -0.39 is 0 Å². The number of phenolic OH excluding ortho intramolecular Hbond substituents is 1. The van der Waals surface area contributed by atoms with E-state index in [1.165, 1.54) is 23.2 Å². The Morgan fingerprint density at radius 2 is 1.92 bits per heavy atom. The second-order valence-corrected chi connectivity index (χ2v) is 5.53. The van der Waals surface area contributed by atoms with Crippen LogP contribution in [-0.4, -0.2) is 16.0 Å². The van der Waals surface area contributed by atoms with Crippen LogP contribution in [-0.2, 0) is 0 Å². The summed E-state index contributed by atoms with van der Waals surface area (Å²) in [7, 11) is 0. The minimum atomic E-state index is -0.346. The molecule has 1 N–H and O–H groups in total. The predicted molar refractivity (Wildman–Crippen MR) is 93.8 cm³/mol. The number of nitrogens with zero attached hydrogens (tertiary/aromatic N) is 3. The van der Waals surface area contributed by atoms with Gasteiger partial charge < -0.3 is 5.11 Å². The second-order valence-electron chi connectivity index (χ2n) is 5.10. The van der Waals surface area contributed by atoms with Crippen LogP contribution in [0.4, 0.5) is 11.5 Å². The molecule has 5 nitrogen and oxygen atoms in total. The van der Waals surface area contributed by atoms with Crippen LogP contribution >= 0.6 is 11.6 Å². The Hall–Kier alpha value is -3.36. The Kier molecular flexibility index (Phi) is 4.64. The monoisotopic (exact) mass is 348 g/mol. The first-order chi connectivity index (χ1) is 12.1. The summed E-state index contributed by atoms with van der Waals surface area (Å²) in [5.74, 6) is 0.0561. The van der Waals surface area contributed by atoms with Gasteiger partial charge in [0.2, 0.25) is 0 Å². The fourth-order valence-electron chi connectivity index (χ4n) is 2.20. The standard InChI is InChI=1S/C19H11ClN3O2/c20-15-5-10-18(22-12-15)23(16-6-8-17(24)9-7-16)19(25)14-3-1-13(11-21)2-4-14/h1-6,8-10,12,24H. The normalized spacial score (nSPS) is 10.1. The summed E-state index contributed by atoms with van der Waals surface area (Å²) in [6.07, 6.45) is 1.44. The molecule has 0 atom stereocenters. The highest BCUT2D eigenvalue weighted by Crippen LogP contribution is 2.27. The number of amides is 1. The molecule has 6 heteroatoms. The van der Waals surface area contributed by atoms with Gasteiger partial charge in [0.15, 0.2) is 0 Å². The largest absolute Gasteiger partial charge is 0.508 e. The van der Waals surface area contributed by atoms with Gasteiger partial charge in [-0.25, -0.2) is 4.98 Å². The lowest BCUT2D eigenvalue weighted by Crippen LogP contribution is -2.26. The molecule has 3 aromatic rings. The van der Waals surface area contributed by atoms with Crippen LogP contribution in [0, 0.1) is 17.4 Å². The van der Waals surface area contributed by atoms with Gasteiger partial charge in [-0.15, -0.1) is 0 Å². The Balaban J connectivity index is 2.06. The van der Waals surface area contributed by atoms with E-state index in [0.717, 1.165) is 0 Å². The van der Waals surface area contributed by atoms with E-state index in [-0.39, 0.29) is 11.7 Å². The molecule has 1 heterocycles. The van der Waals surface area contributed by atoms with Crippen LogP contribution in [0.1, 0.15) is 15.9 Å². The molecule has 1 radical (unpaired) electrons. The summed E-state index contributed by atoms with van der Waals surface area (Å²) >= 11 is 5.88. The number of pyridine rings is 1. The van der Waals surface area contributed by atoms with E-state index in [4.69, 9.17) is 16.9 Å². The lowest BCUT2D eigenvalue weighted by molar-refractivity contribution is 0.0998. The summed E-state index contributed by atoms with van der Waals surface area (Å²) in [4.78, 5) is 18.6. The van der Waals surface area contributed by atoms with E-state index in [2.05, 4.69) is 11.1 Å². The van der Waals surface area contributed by atoms with Crippen molar-refractivity contribution < 1.29 is 9.90 Å².